The molecule has 8 heteroatoms. The van der Waals surface area contributed by atoms with Crippen LogP contribution >= 0.6 is 7.37 Å². The van der Waals surface area contributed by atoms with E-state index >= 15 is 0 Å². The van der Waals surface area contributed by atoms with E-state index in [1.807, 2.05) is 91.0 Å². The van der Waals surface area contributed by atoms with Gasteiger partial charge < -0.3 is 28.6 Å². The molecule has 5 rings (SSSR count). The van der Waals surface area contributed by atoms with Crippen molar-refractivity contribution in [2.75, 3.05) is 13.7 Å². The third-order valence-electron chi connectivity index (χ3n) is 7.00. The molecular weight excluding hydrogens is 539 g/mol. The first-order valence-electron chi connectivity index (χ1n) is 13.6. The molecule has 0 unspecified atom stereocenters. The van der Waals surface area contributed by atoms with E-state index in [1.165, 1.54) is 7.11 Å². The van der Waals surface area contributed by atoms with E-state index in [0.29, 0.717) is 17.7 Å². The number of hydrogen-bond acceptors (Lipinski definition) is 7. The molecule has 7 nitrogen and oxygen atoms in total. The first-order chi connectivity index (χ1) is 20.1. The maximum atomic E-state index is 14.6. The smallest absolute Gasteiger partial charge is 0.263 e. The summed E-state index contributed by atoms with van der Waals surface area (Å²) in [7, 11) is -2.35. The molecule has 5 atom stereocenters. The van der Waals surface area contributed by atoms with E-state index in [0.717, 1.165) is 16.7 Å². The van der Waals surface area contributed by atoms with E-state index in [4.69, 9.17) is 23.5 Å². The molecule has 1 aliphatic rings. The number of benzene rings is 4. The van der Waals surface area contributed by atoms with Crippen LogP contribution in [0.15, 0.2) is 115 Å². The van der Waals surface area contributed by atoms with Gasteiger partial charge in [-0.3, -0.25) is 4.57 Å². The van der Waals surface area contributed by atoms with Gasteiger partial charge in [0, 0.05) is 5.30 Å². The van der Waals surface area contributed by atoms with Crippen LogP contribution in [0.3, 0.4) is 0 Å². The van der Waals surface area contributed by atoms with Crippen molar-refractivity contribution in [3.63, 3.8) is 0 Å². The van der Waals surface area contributed by atoms with Crippen molar-refractivity contribution in [2.45, 2.75) is 44.0 Å². The largest absolute Gasteiger partial charge is 0.497 e. The molecule has 1 fully saturated rings. The Bertz CT molecular complexity index is 1400. The molecule has 0 saturated carbocycles. The highest BCUT2D eigenvalue weighted by Gasteiger charge is 2.54. The zero-order chi connectivity index (χ0) is 28.5. The van der Waals surface area contributed by atoms with Crippen molar-refractivity contribution in [2.24, 2.45) is 0 Å². The van der Waals surface area contributed by atoms with Crippen LogP contribution in [0.25, 0.3) is 0 Å². The monoisotopic (exact) mass is 574 g/mol. The molecule has 1 heterocycles. The highest BCUT2D eigenvalue weighted by molar-refractivity contribution is 7.67. The van der Waals surface area contributed by atoms with Crippen LogP contribution < -0.4 is 10.0 Å². The third kappa shape index (κ3) is 7.32. The molecule has 0 radical (unpaired) electrons. The number of aliphatic hydroxyl groups is 1. The summed E-state index contributed by atoms with van der Waals surface area (Å²) < 4.78 is 45.1. The Morgan fingerprint density at radius 2 is 1.24 bits per heavy atom. The minimum Gasteiger partial charge on any atom is -0.497 e. The molecule has 0 aliphatic carbocycles. The van der Waals surface area contributed by atoms with Crippen LogP contribution in [0.4, 0.5) is 0 Å². The average molecular weight is 575 g/mol. The van der Waals surface area contributed by atoms with Crippen molar-refractivity contribution in [3.8, 4) is 5.75 Å². The normalized spacial score (nSPS) is 24.1. The number of rotatable bonds is 12. The molecule has 4 aromatic rings. The van der Waals surface area contributed by atoms with E-state index in [9.17, 15) is 9.67 Å². The standard InChI is InChI=1S/C33H35O7P/c1-36-28-18-11-19-29(20-28)41(35)33(34)32(39-23-27-16-9-4-10-17-27)31(38-22-26-14-7-3-8-15-26)30(40-41)24-37-21-25-12-5-2-6-13-25/h2-20,30-34H,21-24H2,1H3/t30-,31-,32+,33-,41-/m1/s1. The molecular formula is C33H35O7P. The second-order valence-electron chi connectivity index (χ2n) is 9.88. The van der Waals surface area contributed by atoms with E-state index in [2.05, 4.69) is 0 Å². The average Bonchev–Trinajstić information content (AvgIpc) is 3.03. The van der Waals surface area contributed by atoms with Crippen LogP contribution in [0.5, 0.6) is 5.75 Å². The van der Waals surface area contributed by atoms with Crippen molar-refractivity contribution in [1.29, 1.82) is 0 Å². The van der Waals surface area contributed by atoms with Crippen LogP contribution in [0.1, 0.15) is 16.7 Å². The van der Waals surface area contributed by atoms with E-state index < -0.39 is 31.5 Å². The van der Waals surface area contributed by atoms with Crippen LogP contribution in [0, 0.1) is 0 Å². The minimum absolute atomic E-state index is 0.0836. The quantitative estimate of drug-likeness (QED) is 0.217. The van der Waals surface area contributed by atoms with Gasteiger partial charge in [-0.2, -0.15) is 0 Å². The second kappa shape index (κ2) is 14.1. The first kappa shape index (κ1) is 29.2. The Morgan fingerprint density at radius 1 is 0.707 bits per heavy atom. The summed E-state index contributed by atoms with van der Waals surface area (Å²) in [6.07, 6.45) is -2.52. The maximum Gasteiger partial charge on any atom is 0.263 e. The van der Waals surface area contributed by atoms with Gasteiger partial charge in [-0.05, 0) is 34.9 Å². The van der Waals surface area contributed by atoms with Gasteiger partial charge in [0.05, 0.1) is 33.5 Å². The van der Waals surface area contributed by atoms with Gasteiger partial charge >= 0.3 is 0 Å². The van der Waals surface area contributed by atoms with Crippen LogP contribution in [-0.2, 0) is 43.1 Å². The molecule has 1 aliphatic heterocycles. The van der Waals surface area contributed by atoms with Gasteiger partial charge in [0.15, 0.2) is 5.85 Å². The Kier molecular flexibility index (Phi) is 10.0. The molecule has 0 spiro atoms. The lowest BCUT2D eigenvalue weighted by Crippen LogP contribution is -2.55. The summed E-state index contributed by atoms with van der Waals surface area (Å²) in [5.41, 5.74) is 2.87. The van der Waals surface area contributed by atoms with Gasteiger partial charge in [-0.15, -0.1) is 0 Å². The highest BCUT2D eigenvalue weighted by Crippen LogP contribution is 2.57. The summed E-state index contributed by atoms with van der Waals surface area (Å²) in [6, 6.07) is 35.9. The predicted molar refractivity (Wildman–Crippen MR) is 157 cm³/mol. The zero-order valence-corrected chi connectivity index (χ0v) is 23.8. The van der Waals surface area contributed by atoms with Crippen molar-refractivity contribution in [3.05, 3.63) is 132 Å². The summed E-state index contributed by atoms with van der Waals surface area (Å²) in [6.45, 7) is 0.878. The molecule has 0 bridgehead atoms. The number of ether oxygens (including phenoxy) is 4. The van der Waals surface area contributed by atoms with E-state index in [-0.39, 0.29) is 19.8 Å². The predicted octanol–water partition coefficient (Wildman–Crippen LogP) is 5.70. The topological polar surface area (TPSA) is 83.5 Å². The van der Waals surface area contributed by atoms with Gasteiger partial charge in [0.25, 0.3) is 7.37 Å². The molecule has 0 amide bonds. The zero-order valence-electron chi connectivity index (χ0n) is 23.0. The number of hydrogen-bond donors (Lipinski definition) is 1. The Labute approximate surface area is 241 Å². The van der Waals surface area contributed by atoms with Crippen molar-refractivity contribution >= 4 is 12.7 Å². The summed E-state index contributed by atoms with van der Waals surface area (Å²) >= 11 is 0. The first-order valence-corrected chi connectivity index (χ1v) is 15.3. The lowest BCUT2D eigenvalue weighted by atomic mass is 10.1. The molecule has 1 saturated heterocycles. The van der Waals surface area contributed by atoms with E-state index in [1.54, 1.807) is 24.3 Å². The SMILES string of the molecule is COc1cccc([P@@]2(=O)O[C@H](COCc3ccccc3)[C@@H](OCc3ccccc3)[C@H](OCc3ccccc3)[C@@H]2O)c1. The molecule has 41 heavy (non-hydrogen) atoms. The van der Waals surface area contributed by atoms with Crippen LogP contribution in [-0.4, -0.2) is 43.0 Å². The molecule has 4 aromatic carbocycles. The Balaban J connectivity index is 1.46. The Hall–Kier alpha value is -3.29. The molecule has 0 aromatic heterocycles. The van der Waals surface area contributed by atoms with Gasteiger partial charge in [-0.1, -0.05) is 97.1 Å². The summed E-state index contributed by atoms with van der Waals surface area (Å²) in [5.74, 6) is -0.973. The fourth-order valence-corrected chi connectivity index (χ4v) is 7.20. The molecule has 1 N–H and O–H groups in total. The summed E-state index contributed by atoms with van der Waals surface area (Å²) in [4.78, 5) is 0. The van der Waals surface area contributed by atoms with Gasteiger partial charge in [0.2, 0.25) is 0 Å². The van der Waals surface area contributed by atoms with Crippen molar-refractivity contribution < 1.29 is 33.1 Å². The van der Waals surface area contributed by atoms with Gasteiger partial charge in [-0.25, -0.2) is 0 Å². The minimum atomic E-state index is -3.89. The van der Waals surface area contributed by atoms with Crippen LogP contribution in [0.2, 0.25) is 0 Å². The maximum absolute atomic E-state index is 14.6. The highest BCUT2D eigenvalue weighted by atomic mass is 31.2. The lowest BCUT2D eigenvalue weighted by molar-refractivity contribution is -0.174. The fourth-order valence-electron chi connectivity index (χ4n) is 4.82. The molecule has 214 valence electrons. The van der Waals surface area contributed by atoms with Gasteiger partial charge in [0.1, 0.15) is 24.1 Å². The third-order valence-corrected chi connectivity index (χ3v) is 9.57. The fraction of sp³-hybridized carbons (Fsp3) is 0.273. The Morgan fingerprint density at radius 3 is 1.80 bits per heavy atom. The number of aliphatic hydroxyl groups excluding tert-OH is 1. The van der Waals surface area contributed by atoms with Crippen molar-refractivity contribution in [1.82, 2.24) is 0 Å². The lowest BCUT2D eigenvalue weighted by Gasteiger charge is -2.44. The second-order valence-corrected chi connectivity index (χ2v) is 12.3. The number of methoxy groups -OCH3 is 1. The summed E-state index contributed by atoms with van der Waals surface area (Å²) in [5, 5.41) is 12.0.